The van der Waals surface area contributed by atoms with Crippen LogP contribution in [0.5, 0.6) is 0 Å². The number of nitrogens with one attached hydrogen (secondary N) is 1. The maximum Gasteiger partial charge on any atom is 0.214 e. The molecule has 1 unspecified atom stereocenters. The molecule has 0 radical (unpaired) electrons. The third-order valence-corrected chi connectivity index (χ3v) is 2.48. The summed E-state index contributed by atoms with van der Waals surface area (Å²) < 4.78 is 6.28. The predicted octanol–water partition coefficient (Wildman–Crippen LogP) is 2.87. The van der Waals surface area contributed by atoms with Crippen LogP contribution in [0, 0.1) is 5.41 Å². The third-order valence-electron chi connectivity index (χ3n) is 1.99. The molecule has 62 valence electrons. The summed E-state index contributed by atoms with van der Waals surface area (Å²) >= 11 is 3.39. The zero-order chi connectivity index (χ0) is 8.72. The molecule has 0 saturated heterocycles. The van der Waals surface area contributed by atoms with E-state index in [1.54, 1.807) is 0 Å². The highest BCUT2D eigenvalue weighted by molar-refractivity contribution is 9.10. The van der Waals surface area contributed by atoms with E-state index < -0.39 is 0 Å². The lowest BCUT2D eigenvalue weighted by Gasteiger charge is -2.02. The van der Waals surface area contributed by atoms with Crippen molar-refractivity contribution in [3.8, 4) is 0 Å². The van der Waals surface area contributed by atoms with Gasteiger partial charge in [0.1, 0.15) is 6.10 Å². The number of hydrogen-bond acceptors (Lipinski definition) is 2. The predicted molar refractivity (Wildman–Crippen MR) is 50.5 cm³/mol. The van der Waals surface area contributed by atoms with Crippen LogP contribution in [0.4, 0.5) is 0 Å². The summed E-state index contributed by atoms with van der Waals surface area (Å²) in [5.74, 6) is 0.282. The first-order chi connectivity index (χ1) is 5.68. The van der Waals surface area contributed by atoms with Crippen molar-refractivity contribution in [1.29, 1.82) is 5.41 Å². The number of hydrogen-bond donors (Lipinski definition) is 1. The summed E-state index contributed by atoms with van der Waals surface area (Å²) in [5, 5.41) is 7.49. The van der Waals surface area contributed by atoms with Gasteiger partial charge in [0, 0.05) is 15.6 Å². The van der Waals surface area contributed by atoms with Gasteiger partial charge in [0.15, 0.2) is 0 Å². The molecule has 0 aromatic heterocycles. The van der Waals surface area contributed by atoms with Gasteiger partial charge < -0.3 is 4.74 Å². The van der Waals surface area contributed by atoms with Crippen LogP contribution in [0.2, 0.25) is 0 Å². The van der Waals surface area contributed by atoms with E-state index in [9.17, 15) is 0 Å². The average Bonchev–Trinajstić information content (AvgIpc) is 2.28. The Kier molecular flexibility index (Phi) is 1.68. The Labute approximate surface area is 79.2 Å². The fraction of sp³-hybridized carbons (Fsp3) is 0.222. The first-order valence-electron chi connectivity index (χ1n) is 3.73. The first-order valence-corrected chi connectivity index (χ1v) is 4.53. The summed E-state index contributed by atoms with van der Waals surface area (Å²) in [7, 11) is 0. The molecule has 1 aliphatic heterocycles. The van der Waals surface area contributed by atoms with E-state index in [0.717, 1.165) is 15.6 Å². The highest BCUT2D eigenvalue weighted by Crippen LogP contribution is 2.31. The monoisotopic (exact) mass is 225 g/mol. The fourth-order valence-electron chi connectivity index (χ4n) is 1.38. The van der Waals surface area contributed by atoms with E-state index in [4.69, 9.17) is 10.1 Å². The smallest absolute Gasteiger partial charge is 0.214 e. The molecule has 0 amide bonds. The quantitative estimate of drug-likeness (QED) is 0.724. The van der Waals surface area contributed by atoms with Crippen molar-refractivity contribution in [1.82, 2.24) is 0 Å². The lowest BCUT2D eigenvalue weighted by atomic mass is 10.1. The number of fused-ring (bicyclic) bond motifs is 1. The van der Waals surface area contributed by atoms with Gasteiger partial charge >= 0.3 is 0 Å². The third kappa shape index (κ3) is 1.05. The summed E-state index contributed by atoms with van der Waals surface area (Å²) in [6, 6.07) is 5.83. The van der Waals surface area contributed by atoms with Crippen LogP contribution < -0.4 is 0 Å². The molecule has 1 aromatic carbocycles. The molecule has 3 heteroatoms. The van der Waals surface area contributed by atoms with Crippen molar-refractivity contribution >= 4 is 21.8 Å². The lowest BCUT2D eigenvalue weighted by Crippen LogP contribution is -1.93. The number of halogens is 1. The molecular weight excluding hydrogens is 218 g/mol. The van der Waals surface area contributed by atoms with Gasteiger partial charge in [0.05, 0.1) is 0 Å². The zero-order valence-corrected chi connectivity index (χ0v) is 8.18. The van der Waals surface area contributed by atoms with E-state index in [1.807, 2.05) is 25.1 Å². The van der Waals surface area contributed by atoms with Crippen molar-refractivity contribution < 1.29 is 4.74 Å². The van der Waals surface area contributed by atoms with Gasteiger partial charge in [-0.1, -0.05) is 15.9 Å². The summed E-state index contributed by atoms with van der Waals surface area (Å²) in [6.45, 7) is 1.95. The Hall–Kier alpha value is -0.830. The fourth-order valence-corrected chi connectivity index (χ4v) is 1.76. The topological polar surface area (TPSA) is 33.1 Å². The Balaban J connectivity index is 2.60. The van der Waals surface area contributed by atoms with Crippen molar-refractivity contribution in [3.05, 3.63) is 33.8 Å². The minimum absolute atomic E-state index is 0.0185. The second kappa shape index (κ2) is 2.59. The Bertz CT molecular complexity index is 348. The molecule has 1 heterocycles. The highest BCUT2D eigenvalue weighted by atomic mass is 79.9. The molecule has 1 atom stereocenters. The van der Waals surface area contributed by atoms with E-state index in [1.165, 1.54) is 0 Å². The van der Waals surface area contributed by atoms with Gasteiger partial charge in [0.2, 0.25) is 5.90 Å². The number of ether oxygens (including phenoxy) is 1. The Morgan fingerprint density at radius 2 is 2.25 bits per heavy atom. The largest absolute Gasteiger partial charge is 0.470 e. The van der Waals surface area contributed by atoms with E-state index >= 15 is 0 Å². The van der Waals surface area contributed by atoms with Crippen LogP contribution >= 0.6 is 15.9 Å². The lowest BCUT2D eigenvalue weighted by molar-refractivity contribution is 0.229. The van der Waals surface area contributed by atoms with Gasteiger partial charge in [-0.15, -0.1) is 0 Å². The first kappa shape index (κ1) is 7.80. The maximum absolute atomic E-state index is 7.49. The highest BCUT2D eigenvalue weighted by Gasteiger charge is 2.24. The second-order valence-electron chi connectivity index (χ2n) is 2.82. The minimum Gasteiger partial charge on any atom is -0.470 e. The summed E-state index contributed by atoms with van der Waals surface area (Å²) in [4.78, 5) is 0. The molecule has 2 rings (SSSR count). The van der Waals surface area contributed by atoms with E-state index in [-0.39, 0.29) is 12.0 Å². The molecule has 2 nitrogen and oxygen atoms in total. The molecule has 1 N–H and O–H groups in total. The molecule has 0 spiro atoms. The zero-order valence-electron chi connectivity index (χ0n) is 6.60. The molecule has 0 aliphatic carbocycles. The normalized spacial score (nSPS) is 20.5. The Morgan fingerprint density at radius 3 is 3.00 bits per heavy atom. The molecule has 1 aromatic rings. The SMILES string of the molecule is CC1OC(=N)c2ccc(Br)cc21. The number of rotatable bonds is 0. The molecule has 12 heavy (non-hydrogen) atoms. The standard InChI is InChI=1S/C9H8BrNO/c1-5-8-4-6(10)2-3-7(8)9(11)12-5/h2-5,11H,1H3. The summed E-state index contributed by atoms with van der Waals surface area (Å²) in [6.07, 6.45) is 0.0185. The van der Waals surface area contributed by atoms with Gasteiger partial charge in [-0.25, -0.2) is 0 Å². The van der Waals surface area contributed by atoms with Crippen LogP contribution in [0.3, 0.4) is 0 Å². The minimum atomic E-state index is 0.0185. The van der Waals surface area contributed by atoms with Crippen molar-refractivity contribution in [2.45, 2.75) is 13.0 Å². The Morgan fingerprint density at radius 1 is 1.50 bits per heavy atom. The van der Waals surface area contributed by atoms with Crippen molar-refractivity contribution in [2.75, 3.05) is 0 Å². The van der Waals surface area contributed by atoms with Crippen LogP contribution in [0.15, 0.2) is 22.7 Å². The van der Waals surface area contributed by atoms with Gasteiger partial charge in [-0.05, 0) is 25.1 Å². The molecule has 1 aliphatic rings. The van der Waals surface area contributed by atoms with Crippen LogP contribution in [0.25, 0.3) is 0 Å². The van der Waals surface area contributed by atoms with Gasteiger partial charge in [0.25, 0.3) is 0 Å². The van der Waals surface area contributed by atoms with Gasteiger partial charge in [-0.3, -0.25) is 5.41 Å². The van der Waals surface area contributed by atoms with Crippen LogP contribution in [0.1, 0.15) is 24.2 Å². The average molecular weight is 226 g/mol. The summed E-state index contributed by atoms with van der Waals surface area (Å²) in [5.41, 5.74) is 2.00. The van der Waals surface area contributed by atoms with Gasteiger partial charge in [-0.2, -0.15) is 0 Å². The second-order valence-corrected chi connectivity index (χ2v) is 3.74. The molecular formula is C9H8BrNO. The van der Waals surface area contributed by atoms with Crippen molar-refractivity contribution in [3.63, 3.8) is 0 Å². The van der Waals surface area contributed by atoms with Crippen molar-refractivity contribution in [2.24, 2.45) is 0 Å². The molecule has 0 bridgehead atoms. The van der Waals surface area contributed by atoms with Crippen LogP contribution in [-0.4, -0.2) is 5.90 Å². The molecule has 0 fully saturated rings. The number of benzene rings is 1. The maximum atomic E-state index is 7.49. The van der Waals surface area contributed by atoms with E-state index in [2.05, 4.69) is 15.9 Å². The van der Waals surface area contributed by atoms with Crippen LogP contribution in [-0.2, 0) is 4.74 Å². The molecule has 0 saturated carbocycles. The van der Waals surface area contributed by atoms with E-state index in [0.29, 0.717) is 0 Å².